The summed E-state index contributed by atoms with van der Waals surface area (Å²) in [6, 6.07) is 0. The summed E-state index contributed by atoms with van der Waals surface area (Å²) in [6.07, 6.45) is -0.456. The van der Waals surface area contributed by atoms with E-state index in [0.717, 1.165) is 0 Å². The largest absolute Gasteiger partial charge is 0.367 e. The number of ether oxygens (including phenoxy) is 1. The summed E-state index contributed by atoms with van der Waals surface area (Å²) in [4.78, 5) is 10.6. The fourth-order valence-corrected chi connectivity index (χ4v) is 0.971. The van der Waals surface area contributed by atoms with Gasteiger partial charge in [0.15, 0.2) is 0 Å². The predicted molar refractivity (Wildman–Crippen MR) is 41.0 cm³/mol. The Labute approximate surface area is 66.1 Å². The van der Waals surface area contributed by atoms with E-state index >= 15 is 0 Å². The van der Waals surface area contributed by atoms with Crippen LogP contribution in [0, 0.1) is 0 Å². The third kappa shape index (κ3) is 2.17. The molecule has 1 amide bonds. The van der Waals surface area contributed by atoms with Gasteiger partial charge >= 0.3 is 0 Å². The van der Waals surface area contributed by atoms with E-state index in [9.17, 15) is 4.79 Å². The molecular weight excluding hydrogens is 144 g/mol. The molecule has 0 saturated carbocycles. The summed E-state index contributed by atoms with van der Waals surface area (Å²) < 4.78 is 5.22. The van der Waals surface area contributed by atoms with Gasteiger partial charge in [-0.05, 0) is 13.8 Å². The van der Waals surface area contributed by atoms with Crippen molar-refractivity contribution in [3.63, 3.8) is 0 Å². The van der Waals surface area contributed by atoms with Crippen LogP contribution in [0.2, 0.25) is 0 Å². The third-order valence-electron chi connectivity index (χ3n) is 1.73. The number of nitrogens with two attached hydrogens (primary N) is 1. The van der Waals surface area contributed by atoms with Crippen LogP contribution in [-0.2, 0) is 9.53 Å². The molecular formula is C7H14N2O2. The molecule has 0 aromatic rings. The Bertz CT molecular complexity index is 158. The summed E-state index contributed by atoms with van der Waals surface area (Å²) in [7, 11) is 0. The zero-order chi connectivity index (χ0) is 8.48. The Hall–Kier alpha value is -0.610. The highest BCUT2D eigenvalue weighted by molar-refractivity contribution is 5.79. The Morgan fingerprint density at radius 1 is 1.73 bits per heavy atom. The molecule has 1 heterocycles. The van der Waals surface area contributed by atoms with Crippen molar-refractivity contribution < 1.29 is 9.53 Å². The molecule has 11 heavy (non-hydrogen) atoms. The quantitative estimate of drug-likeness (QED) is 0.527. The minimum atomic E-state index is -0.456. The molecule has 1 fully saturated rings. The van der Waals surface area contributed by atoms with E-state index < -0.39 is 12.0 Å². The fourth-order valence-electron chi connectivity index (χ4n) is 0.971. The average Bonchev–Trinajstić information content (AvgIpc) is 1.86. The van der Waals surface area contributed by atoms with Crippen molar-refractivity contribution in [3.05, 3.63) is 0 Å². The van der Waals surface area contributed by atoms with E-state index in [2.05, 4.69) is 5.32 Å². The smallest absolute Gasteiger partial charge is 0.247 e. The SMILES string of the molecule is CC1(C)COC(C(N)=O)CN1. The number of primary amides is 1. The molecule has 0 spiro atoms. The number of nitrogens with one attached hydrogen (secondary N) is 1. The summed E-state index contributed by atoms with van der Waals surface area (Å²) >= 11 is 0. The maximum Gasteiger partial charge on any atom is 0.247 e. The number of morpholine rings is 1. The van der Waals surface area contributed by atoms with Crippen LogP contribution in [0.1, 0.15) is 13.8 Å². The first kappa shape index (κ1) is 8.49. The number of hydrogen-bond donors (Lipinski definition) is 2. The highest BCUT2D eigenvalue weighted by Crippen LogP contribution is 2.09. The second-order valence-electron chi connectivity index (χ2n) is 3.47. The van der Waals surface area contributed by atoms with Crippen LogP contribution in [0.3, 0.4) is 0 Å². The van der Waals surface area contributed by atoms with Crippen LogP contribution in [0.15, 0.2) is 0 Å². The van der Waals surface area contributed by atoms with Crippen molar-refractivity contribution >= 4 is 5.91 Å². The molecule has 4 nitrogen and oxygen atoms in total. The topological polar surface area (TPSA) is 64.3 Å². The van der Waals surface area contributed by atoms with Crippen molar-refractivity contribution in [2.45, 2.75) is 25.5 Å². The molecule has 0 radical (unpaired) electrons. The molecule has 3 N–H and O–H groups in total. The van der Waals surface area contributed by atoms with Gasteiger partial charge in [0.05, 0.1) is 6.61 Å². The van der Waals surface area contributed by atoms with Gasteiger partial charge in [0, 0.05) is 12.1 Å². The number of carbonyl (C=O) groups excluding carboxylic acids is 1. The molecule has 1 atom stereocenters. The Balaban J connectivity index is 2.42. The van der Waals surface area contributed by atoms with Gasteiger partial charge in [-0.3, -0.25) is 4.79 Å². The first-order valence-corrected chi connectivity index (χ1v) is 3.67. The summed E-state index contributed by atoms with van der Waals surface area (Å²) in [5.41, 5.74) is 5.02. The van der Waals surface area contributed by atoms with Crippen molar-refractivity contribution in [2.24, 2.45) is 5.73 Å². The molecule has 4 heteroatoms. The number of amides is 1. The second-order valence-corrected chi connectivity index (χ2v) is 3.47. The maximum atomic E-state index is 10.6. The van der Waals surface area contributed by atoms with E-state index in [0.29, 0.717) is 13.2 Å². The van der Waals surface area contributed by atoms with Gasteiger partial charge in [0.1, 0.15) is 6.10 Å². The van der Waals surface area contributed by atoms with Crippen LogP contribution in [-0.4, -0.2) is 30.7 Å². The van der Waals surface area contributed by atoms with Gasteiger partial charge in [-0.2, -0.15) is 0 Å². The predicted octanol–water partition coefficient (Wildman–Crippen LogP) is -0.761. The van der Waals surface area contributed by atoms with Crippen LogP contribution in [0.25, 0.3) is 0 Å². The fraction of sp³-hybridized carbons (Fsp3) is 0.857. The molecule has 0 aliphatic carbocycles. The maximum absolute atomic E-state index is 10.6. The van der Waals surface area contributed by atoms with Crippen molar-refractivity contribution in [1.82, 2.24) is 5.32 Å². The van der Waals surface area contributed by atoms with E-state index in [-0.39, 0.29) is 5.54 Å². The average molecular weight is 158 g/mol. The summed E-state index contributed by atoms with van der Waals surface area (Å²) in [6.45, 7) is 5.08. The zero-order valence-electron chi connectivity index (χ0n) is 6.89. The minimum absolute atomic E-state index is 0.0358. The summed E-state index contributed by atoms with van der Waals surface area (Å²) in [5.74, 6) is -0.395. The molecule has 64 valence electrons. The highest BCUT2D eigenvalue weighted by Gasteiger charge is 2.29. The first-order valence-electron chi connectivity index (χ1n) is 3.67. The van der Waals surface area contributed by atoms with Crippen molar-refractivity contribution in [2.75, 3.05) is 13.2 Å². The van der Waals surface area contributed by atoms with Gasteiger partial charge < -0.3 is 15.8 Å². The lowest BCUT2D eigenvalue weighted by molar-refractivity contribution is -0.133. The van der Waals surface area contributed by atoms with Crippen molar-refractivity contribution in [3.8, 4) is 0 Å². The molecule has 0 bridgehead atoms. The Morgan fingerprint density at radius 2 is 2.36 bits per heavy atom. The highest BCUT2D eigenvalue weighted by atomic mass is 16.5. The number of hydrogen-bond acceptors (Lipinski definition) is 3. The molecule has 0 aromatic carbocycles. The van der Waals surface area contributed by atoms with Crippen LogP contribution >= 0.6 is 0 Å². The standard InChI is InChI=1S/C7H14N2O2/c1-7(2)4-11-5(3-9-7)6(8)10/h5,9H,3-4H2,1-2H3,(H2,8,10). The lowest BCUT2D eigenvalue weighted by Gasteiger charge is -2.34. The summed E-state index contributed by atoms with van der Waals surface area (Å²) in [5, 5.41) is 3.16. The lowest BCUT2D eigenvalue weighted by Crippen LogP contribution is -2.56. The van der Waals surface area contributed by atoms with Gasteiger partial charge in [-0.15, -0.1) is 0 Å². The van der Waals surface area contributed by atoms with Gasteiger partial charge in [-0.1, -0.05) is 0 Å². The van der Waals surface area contributed by atoms with Gasteiger partial charge in [0.2, 0.25) is 5.91 Å². The molecule has 1 aliphatic heterocycles. The van der Waals surface area contributed by atoms with Crippen LogP contribution in [0.5, 0.6) is 0 Å². The minimum Gasteiger partial charge on any atom is -0.367 e. The molecule has 1 unspecified atom stereocenters. The van der Waals surface area contributed by atoms with Crippen LogP contribution < -0.4 is 11.1 Å². The number of carbonyl (C=O) groups is 1. The Morgan fingerprint density at radius 3 is 2.73 bits per heavy atom. The monoisotopic (exact) mass is 158 g/mol. The molecule has 1 rings (SSSR count). The zero-order valence-corrected chi connectivity index (χ0v) is 6.89. The second kappa shape index (κ2) is 2.79. The van der Waals surface area contributed by atoms with E-state index in [1.54, 1.807) is 0 Å². The molecule has 1 aliphatic rings. The van der Waals surface area contributed by atoms with Gasteiger partial charge in [-0.25, -0.2) is 0 Å². The normalized spacial score (nSPS) is 29.8. The Kier molecular flexibility index (Phi) is 2.15. The van der Waals surface area contributed by atoms with Gasteiger partial charge in [0.25, 0.3) is 0 Å². The first-order chi connectivity index (χ1) is 5.01. The van der Waals surface area contributed by atoms with Crippen LogP contribution in [0.4, 0.5) is 0 Å². The molecule has 1 saturated heterocycles. The lowest BCUT2D eigenvalue weighted by atomic mass is 10.0. The van der Waals surface area contributed by atoms with Crippen molar-refractivity contribution in [1.29, 1.82) is 0 Å². The number of rotatable bonds is 1. The van der Waals surface area contributed by atoms with E-state index in [1.807, 2.05) is 13.8 Å². The third-order valence-corrected chi connectivity index (χ3v) is 1.73. The van der Waals surface area contributed by atoms with E-state index in [1.165, 1.54) is 0 Å². The molecule has 0 aromatic heterocycles. The van der Waals surface area contributed by atoms with E-state index in [4.69, 9.17) is 10.5 Å².